The third-order valence-electron chi connectivity index (χ3n) is 3.05. The number of rotatable bonds is 2. The highest BCUT2D eigenvalue weighted by Gasteiger charge is 2.25. The first-order valence-corrected chi connectivity index (χ1v) is 7.76. The number of aromatic carboxylic acids is 1. The molecule has 1 N–H and O–H groups in total. The number of thiazole rings is 1. The van der Waals surface area contributed by atoms with Crippen LogP contribution in [0.4, 0.5) is 13.2 Å². The zero-order valence-corrected chi connectivity index (χ0v) is 13.8. The molecule has 1 aromatic carbocycles. The van der Waals surface area contributed by atoms with E-state index in [2.05, 4.69) is 5.10 Å². The Morgan fingerprint density at radius 1 is 1.36 bits per heavy atom. The molecule has 0 aliphatic rings. The van der Waals surface area contributed by atoms with Crippen LogP contribution in [0, 0.1) is 28.1 Å². The molecular weight excluding hydrogens is 432 g/mol. The number of aromatic nitrogens is 2. The number of halogens is 4. The van der Waals surface area contributed by atoms with E-state index in [0.717, 1.165) is 17.4 Å². The number of carboxylic acids is 1. The number of hydrogen-bond acceptors (Lipinski definition) is 3. The molecule has 9 heteroatoms. The van der Waals surface area contributed by atoms with E-state index in [4.69, 9.17) is 5.11 Å². The van der Waals surface area contributed by atoms with E-state index in [9.17, 15) is 18.0 Å². The fourth-order valence-electron chi connectivity index (χ4n) is 2.15. The van der Waals surface area contributed by atoms with Crippen molar-refractivity contribution in [3.8, 4) is 11.1 Å². The Balaban J connectivity index is 2.39. The molecule has 22 heavy (non-hydrogen) atoms. The summed E-state index contributed by atoms with van der Waals surface area (Å²) < 4.78 is 42.6. The van der Waals surface area contributed by atoms with Crippen molar-refractivity contribution >= 4 is 44.7 Å². The lowest BCUT2D eigenvalue weighted by atomic mass is 10.1. The second-order valence-electron chi connectivity index (χ2n) is 4.45. The maximum absolute atomic E-state index is 14.0. The Labute approximate surface area is 139 Å². The van der Waals surface area contributed by atoms with E-state index in [0.29, 0.717) is 20.3 Å². The van der Waals surface area contributed by atoms with Gasteiger partial charge in [-0.3, -0.25) is 0 Å². The predicted octanol–water partition coefficient (Wildman–Crippen LogP) is 4.09. The fraction of sp³-hybridized carbons (Fsp3) is 0.0769. The van der Waals surface area contributed by atoms with E-state index in [1.54, 1.807) is 6.92 Å². The smallest absolute Gasteiger partial charge is 0.348 e. The molecule has 0 bridgehead atoms. The van der Waals surface area contributed by atoms with Crippen LogP contribution in [0.25, 0.3) is 16.0 Å². The first kappa shape index (κ1) is 15.3. The van der Waals surface area contributed by atoms with Gasteiger partial charge in [-0.15, -0.1) is 11.3 Å². The van der Waals surface area contributed by atoms with Gasteiger partial charge in [0.25, 0.3) is 0 Å². The van der Waals surface area contributed by atoms with Crippen LogP contribution in [-0.2, 0) is 0 Å². The van der Waals surface area contributed by atoms with Gasteiger partial charge in [-0.25, -0.2) is 22.5 Å². The lowest BCUT2D eigenvalue weighted by Crippen LogP contribution is -1.97. The number of hydrogen-bond donors (Lipinski definition) is 1. The minimum atomic E-state index is -1.31. The van der Waals surface area contributed by atoms with Crippen LogP contribution in [-0.4, -0.2) is 20.7 Å². The summed E-state index contributed by atoms with van der Waals surface area (Å²) in [5.41, 5.74) is 0.260. The Morgan fingerprint density at radius 2 is 2.05 bits per heavy atom. The summed E-state index contributed by atoms with van der Waals surface area (Å²) in [6.07, 6.45) is 0. The summed E-state index contributed by atoms with van der Waals surface area (Å²) in [5, 5.41) is 13.3. The first-order chi connectivity index (χ1) is 10.3. The number of carboxylic acid groups (broad SMARTS) is 1. The molecule has 0 radical (unpaired) electrons. The van der Waals surface area contributed by atoms with Crippen LogP contribution in [0.5, 0.6) is 0 Å². The van der Waals surface area contributed by atoms with Crippen molar-refractivity contribution < 1.29 is 23.1 Å². The molecule has 0 fully saturated rings. The van der Waals surface area contributed by atoms with Crippen molar-refractivity contribution in [2.24, 2.45) is 0 Å². The molecule has 2 aromatic heterocycles. The molecule has 4 nitrogen and oxygen atoms in total. The molecule has 3 rings (SSSR count). The summed E-state index contributed by atoms with van der Waals surface area (Å²) in [4.78, 5) is 11.5. The highest BCUT2D eigenvalue weighted by molar-refractivity contribution is 14.1. The number of benzene rings is 1. The molecule has 0 unspecified atom stereocenters. The van der Waals surface area contributed by atoms with E-state index in [-0.39, 0.29) is 16.0 Å². The van der Waals surface area contributed by atoms with Gasteiger partial charge >= 0.3 is 5.97 Å². The molecular formula is C13H6F3IN2O2S. The topological polar surface area (TPSA) is 54.6 Å². The van der Waals surface area contributed by atoms with E-state index < -0.39 is 23.4 Å². The average Bonchev–Trinajstić information content (AvgIpc) is 2.91. The molecule has 3 aromatic rings. The summed E-state index contributed by atoms with van der Waals surface area (Å²) >= 11 is 2.69. The van der Waals surface area contributed by atoms with Crippen molar-refractivity contribution in [3.05, 3.63) is 43.9 Å². The third kappa shape index (κ3) is 2.19. The number of fused-ring (bicyclic) bond motifs is 1. The van der Waals surface area contributed by atoms with Crippen LogP contribution < -0.4 is 0 Å². The van der Waals surface area contributed by atoms with Gasteiger partial charge in [0.2, 0.25) is 0 Å². The number of aryl methyl sites for hydroxylation is 1. The second kappa shape index (κ2) is 5.23. The third-order valence-corrected chi connectivity index (χ3v) is 5.55. The second-order valence-corrected chi connectivity index (χ2v) is 6.47. The summed E-state index contributed by atoms with van der Waals surface area (Å²) in [6.45, 7) is 1.56. The van der Waals surface area contributed by atoms with Gasteiger partial charge < -0.3 is 5.11 Å². The van der Waals surface area contributed by atoms with Crippen LogP contribution in [0.3, 0.4) is 0 Å². The van der Waals surface area contributed by atoms with E-state index in [1.165, 1.54) is 4.52 Å². The highest BCUT2D eigenvalue weighted by Crippen LogP contribution is 2.37. The van der Waals surface area contributed by atoms with Crippen molar-refractivity contribution in [3.63, 3.8) is 0 Å². The van der Waals surface area contributed by atoms with Crippen molar-refractivity contribution in [1.29, 1.82) is 0 Å². The molecule has 114 valence electrons. The summed E-state index contributed by atoms with van der Waals surface area (Å²) in [6, 6.07) is 1.32. The van der Waals surface area contributed by atoms with Gasteiger partial charge in [0, 0.05) is 17.2 Å². The molecule has 0 aliphatic heterocycles. The number of nitrogens with zero attached hydrogens (tertiary/aromatic N) is 2. The van der Waals surface area contributed by atoms with Crippen molar-refractivity contribution in [2.75, 3.05) is 0 Å². The summed E-state index contributed by atoms with van der Waals surface area (Å²) in [7, 11) is 0. The van der Waals surface area contributed by atoms with Crippen LogP contribution in [0.2, 0.25) is 0 Å². The van der Waals surface area contributed by atoms with Gasteiger partial charge in [-0.05, 0) is 35.6 Å². The first-order valence-electron chi connectivity index (χ1n) is 5.87. The standard InChI is InChI=1S/C13H6F3IN2O2S/c1-4-8(6-2-5(14)3-7(15)9(6)16)12-19(18-4)11(17)10(22-12)13(20)21/h2-3H,1H3,(H,20,21). The van der Waals surface area contributed by atoms with Crippen molar-refractivity contribution in [1.82, 2.24) is 9.61 Å². The zero-order chi connectivity index (χ0) is 16.2. The fourth-order valence-corrected chi connectivity index (χ4v) is 4.25. The van der Waals surface area contributed by atoms with E-state index in [1.807, 2.05) is 22.6 Å². The Bertz CT molecular complexity index is 935. The highest BCUT2D eigenvalue weighted by atomic mass is 127. The lowest BCUT2D eigenvalue weighted by molar-refractivity contribution is 0.0700. The van der Waals surface area contributed by atoms with Crippen LogP contribution >= 0.6 is 33.9 Å². The molecule has 0 saturated heterocycles. The Kier molecular flexibility index (Phi) is 3.63. The SMILES string of the molecule is Cc1nn2c(I)c(C(=O)O)sc2c1-c1cc(F)cc(F)c1F. The minimum Gasteiger partial charge on any atom is -0.477 e. The maximum atomic E-state index is 14.0. The average molecular weight is 438 g/mol. The van der Waals surface area contributed by atoms with Crippen LogP contribution in [0.15, 0.2) is 12.1 Å². The van der Waals surface area contributed by atoms with Crippen LogP contribution in [0.1, 0.15) is 15.4 Å². The maximum Gasteiger partial charge on any atom is 0.348 e. The lowest BCUT2D eigenvalue weighted by Gasteiger charge is -2.03. The zero-order valence-electron chi connectivity index (χ0n) is 10.8. The predicted molar refractivity (Wildman–Crippen MR) is 82.8 cm³/mol. The molecule has 0 aliphatic carbocycles. The quantitative estimate of drug-likeness (QED) is 0.485. The molecule has 0 amide bonds. The largest absolute Gasteiger partial charge is 0.477 e. The molecule has 0 spiro atoms. The van der Waals surface area contributed by atoms with Gasteiger partial charge in [0.05, 0.1) is 5.69 Å². The molecule has 0 atom stereocenters. The van der Waals surface area contributed by atoms with Gasteiger partial charge in [-0.2, -0.15) is 5.10 Å². The van der Waals surface area contributed by atoms with Crippen molar-refractivity contribution in [2.45, 2.75) is 6.92 Å². The van der Waals surface area contributed by atoms with Gasteiger partial charge in [0.15, 0.2) is 11.6 Å². The van der Waals surface area contributed by atoms with Gasteiger partial charge in [-0.1, -0.05) is 0 Å². The van der Waals surface area contributed by atoms with E-state index >= 15 is 0 Å². The number of carbonyl (C=O) groups is 1. The minimum absolute atomic E-state index is 0.0293. The Morgan fingerprint density at radius 3 is 2.68 bits per heavy atom. The molecule has 2 heterocycles. The Hall–Kier alpha value is -1.62. The molecule has 0 saturated carbocycles. The summed E-state index contributed by atoms with van der Waals surface area (Å²) in [5.74, 6) is -4.56. The normalized spacial score (nSPS) is 11.3. The monoisotopic (exact) mass is 438 g/mol. The van der Waals surface area contributed by atoms with Gasteiger partial charge in [0.1, 0.15) is 19.2 Å².